The molecule has 0 aromatic heterocycles. The molecular formula is C9H11NO5. The molecule has 2 N–H and O–H groups in total. The molecule has 1 aliphatic heterocycles. The molecule has 3 atom stereocenters. The number of amides is 2. The largest absolute Gasteiger partial charge is 0.479 e. The number of aliphatic hydroxyl groups is 1. The van der Waals surface area contributed by atoms with Crippen LogP contribution in [0.5, 0.6) is 0 Å². The summed E-state index contributed by atoms with van der Waals surface area (Å²) in [5.41, 5.74) is 0. The van der Waals surface area contributed by atoms with Crippen LogP contribution < -0.4 is 0 Å². The van der Waals surface area contributed by atoms with Gasteiger partial charge in [-0.25, -0.2) is 4.79 Å². The van der Waals surface area contributed by atoms with Crippen LogP contribution >= 0.6 is 0 Å². The molecule has 0 aromatic carbocycles. The van der Waals surface area contributed by atoms with Crippen molar-refractivity contribution in [3.8, 4) is 0 Å². The second kappa shape index (κ2) is 3.30. The summed E-state index contributed by atoms with van der Waals surface area (Å²) in [6.45, 7) is -0.00185. The third-order valence-electron chi connectivity index (χ3n) is 2.87. The van der Waals surface area contributed by atoms with Crippen LogP contribution in [0, 0.1) is 11.8 Å². The fourth-order valence-corrected chi connectivity index (χ4v) is 1.85. The van der Waals surface area contributed by atoms with E-state index in [1.54, 1.807) is 0 Å². The highest BCUT2D eigenvalue weighted by Gasteiger charge is 2.58. The molecule has 1 aliphatic carbocycles. The number of hydrogen-bond acceptors (Lipinski definition) is 4. The first-order valence-electron chi connectivity index (χ1n) is 4.78. The average Bonchev–Trinajstić information content (AvgIpc) is 2.91. The zero-order chi connectivity index (χ0) is 11.2. The highest BCUT2D eigenvalue weighted by atomic mass is 16.4. The first-order chi connectivity index (χ1) is 7.02. The van der Waals surface area contributed by atoms with Crippen LogP contribution in [0.2, 0.25) is 0 Å². The summed E-state index contributed by atoms with van der Waals surface area (Å²) >= 11 is 0. The van der Waals surface area contributed by atoms with Gasteiger partial charge >= 0.3 is 5.97 Å². The van der Waals surface area contributed by atoms with E-state index in [1.165, 1.54) is 0 Å². The average molecular weight is 213 g/mol. The van der Waals surface area contributed by atoms with Crippen LogP contribution in [0.3, 0.4) is 0 Å². The fourth-order valence-electron chi connectivity index (χ4n) is 1.85. The Morgan fingerprint density at radius 3 is 2.40 bits per heavy atom. The maximum Gasteiger partial charge on any atom is 0.332 e. The highest BCUT2D eigenvalue weighted by molar-refractivity contribution is 6.08. The molecule has 1 saturated carbocycles. The van der Waals surface area contributed by atoms with E-state index in [1.807, 2.05) is 0 Å². The monoisotopic (exact) mass is 213 g/mol. The zero-order valence-electron chi connectivity index (χ0n) is 7.92. The van der Waals surface area contributed by atoms with Gasteiger partial charge in [-0.2, -0.15) is 0 Å². The van der Waals surface area contributed by atoms with Crippen molar-refractivity contribution in [3.63, 3.8) is 0 Å². The Balaban J connectivity index is 1.88. The van der Waals surface area contributed by atoms with Crippen LogP contribution in [-0.4, -0.2) is 45.5 Å². The SMILES string of the molecule is O=C(O)C(O)CCN1C(=O)C2CC2C1=O. The van der Waals surface area contributed by atoms with E-state index in [2.05, 4.69) is 0 Å². The summed E-state index contributed by atoms with van der Waals surface area (Å²) in [5.74, 6) is -2.11. The number of carboxylic acids is 1. The molecule has 82 valence electrons. The number of carbonyl (C=O) groups excluding carboxylic acids is 2. The summed E-state index contributed by atoms with van der Waals surface area (Å²) in [7, 11) is 0. The standard InChI is InChI=1S/C9H11NO5/c11-6(9(14)15)1-2-10-7(12)4-3-5(4)8(10)13/h4-6,11H,1-3H2,(H,14,15). The van der Waals surface area contributed by atoms with E-state index in [4.69, 9.17) is 10.2 Å². The Labute approximate surface area is 85.5 Å². The number of rotatable bonds is 4. The van der Waals surface area contributed by atoms with Crippen LogP contribution in [-0.2, 0) is 14.4 Å². The van der Waals surface area contributed by atoms with Crippen LogP contribution in [0.4, 0.5) is 0 Å². The first-order valence-corrected chi connectivity index (χ1v) is 4.78. The maximum absolute atomic E-state index is 11.4. The lowest BCUT2D eigenvalue weighted by molar-refractivity contribution is -0.149. The lowest BCUT2D eigenvalue weighted by Crippen LogP contribution is -2.36. The van der Waals surface area contributed by atoms with Crippen molar-refractivity contribution < 1.29 is 24.6 Å². The van der Waals surface area contributed by atoms with Crippen LogP contribution in [0.25, 0.3) is 0 Å². The highest BCUT2D eigenvalue weighted by Crippen LogP contribution is 2.46. The Morgan fingerprint density at radius 2 is 1.93 bits per heavy atom. The molecule has 0 bridgehead atoms. The maximum atomic E-state index is 11.4. The Kier molecular flexibility index (Phi) is 2.22. The molecule has 6 heteroatoms. The minimum absolute atomic E-state index is 0.00185. The summed E-state index contributed by atoms with van der Waals surface area (Å²) in [6.07, 6.45) is -0.982. The van der Waals surface area contributed by atoms with E-state index >= 15 is 0 Å². The van der Waals surface area contributed by atoms with E-state index < -0.39 is 12.1 Å². The number of piperidine rings is 1. The Hall–Kier alpha value is -1.43. The van der Waals surface area contributed by atoms with Crippen molar-refractivity contribution in [1.29, 1.82) is 0 Å². The predicted octanol–water partition coefficient (Wildman–Crippen LogP) is -1.17. The molecule has 1 heterocycles. The van der Waals surface area contributed by atoms with Crippen molar-refractivity contribution in [2.24, 2.45) is 11.8 Å². The summed E-state index contributed by atoms with van der Waals surface area (Å²) in [6, 6.07) is 0. The topological polar surface area (TPSA) is 94.9 Å². The van der Waals surface area contributed by atoms with Crippen LogP contribution in [0.15, 0.2) is 0 Å². The Bertz CT molecular complexity index is 319. The number of fused-ring (bicyclic) bond motifs is 1. The van der Waals surface area contributed by atoms with Gasteiger partial charge in [0, 0.05) is 13.0 Å². The molecule has 3 unspecified atom stereocenters. The molecule has 0 spiro atoms. The van der Waals surface area contributed by atoms with Gasteiger partial charge in [-0.15, -0.1) is 0 Å². The molecule has 2 rings (SSSR count). The van der Waals surface area contributed by atoms with Gasteiger partial charge in [0.2, 0.25) is 11.8 Å². The number of imide groups is 1. The van der Waals surface area contributed by atoms with E-state index in [9.17, 15) is 14.4 Å². The number of likely N-dealkylation sites (tertiary alicyclic amines) is 1. The van der Waals surface area contributed by atoms with Gasteiger partial charge < -0.3 is 10.2 Å². The van der Waals surface area contributed by atoms with E-state index in [0.717, 1.165) is 4.90 Å². The Morgan fingerprint density at radius 1 is 1.40 bits per heavy atom. The minimum Gasteiger partial charge on any atom is -0.479 e. The van der Waals surface area contributed by atoms with E-state index in [-0.39, 0.29) is 36.6 Å². The van der Waals surface area contributed by atoms with Gasteiger partial charge in [-0.3, -0.25) is 14.5 Å². The lowest BCUT2D eigenvalue weighted by Gasteiger charge is -2.16. The number of nitrogens with zero attached hydrogens (tertiary/aromatic N) is 1. The lowest BCUT2D eigenvalue weighted by atomic mass is 10.2. The molecule has 2 aliphatic rings. The smallest absolute Gasteiger partial charge is 0.332 e. The summed E-state index contributed by atoms with van der Waals surface area (Å²) in [5, 5.41) is 17.4. The number of carboxylic acid groups (broad SMARTS) is 1. The third kappa shape index (κ3) is 1.61. The number of hydrogen-bond donors (Lipinski definition) is 2. The predicted molar refractivity (Wildman–Crippen MR) is 46.6 cm³/mol. The second-order valence-electron chi connectivity index (χ2n) is 3.92. The van der Waals surface area contributed by atoms with Crippen molar-refractivity contribution in [2.45, 2.75) is 18.9 Å². The van der Waals surface area contributed by atoms with Gasteiger partial charge in [0.05, 0.1) is 11.8 Å². The number of aliphatic carboxylic acids is 1. The van der Waals surface area contributed by atoms with Gasteiger partial charge in [-0.05, 0) is 6.42 Å². The molecule has 6 nitrogen and oxygen atoms in total. The fraction of sp³-hybridized carbons (Fsp3) is 0.667. The molecule has 15 heavy (non-hydrogen) atoms. The number of carbonyl (C=O) groups is 3. The summed E-state index contributed by atoms with van der Waals surface area (Å²) < 4.78 is 0. The zero-order valence-corrected chi connectivity index (χ0v) is 7.92. The summed E-state index contributed by atoms with van der Waals surface area (Å²) in [4.78, 5) is 34.2. The van der Waals surface area contributed by atoms with Crippen molar-refractivity contribution >= 4 is 17.8 Å². The van der Waals surface area contributed by atoms with Gasteiger partial charge in [0.15, 0.2) is 6.10 Å². The quantitative estimate of drug-likeness (QED) is 0.573. The molecule has 2 fully saturated rings. The molecule has 0 aromatic rings. The normalized spacial score (nSPS) is 30.3. The van der Waals surface area contributed by atoms with Crippen molar-refractivity contribution in [2.75, 3.05) is 6.54 Å². The van der Waals surface area contributed by atoms with Crippen molar-refractivity contribution in [3.05, 3.63) is 0 Å². The first kappa shape index (κ1) is 10.1. The van der Waals surface area contributed by atoms with Gasteiger partial charge in [0.25, 0.3) is 0 Å². The molecule has 1 saturated heterocycles. The number of aliphatic hydroxyl groups excluding tert-OH is 1. The minimum atomic E-state index is -1.51. The van der Waals surface area contributed by atoms with E-state index in [0.29, 0.717) is 6.42 Å². The van der Waals surface area contributed by atoms with Crippen LogP contribution in [0.1, 0.15) is 12.8 Å². The van der Waals surface area contributed by atoms with Gasteiger partial charge in [0.1, 0.15) is 0 Å². The molecule has 0 radical (unpaired) electrons. The second-order valence-corrected chi connectivity index (χ2v) is 3.92. The third-order valence-corrected chi connectivity index (χ3v) is 2.87. The molecular weight excluding hydrogens is 202 g/mol. The molecule has 2 amide bonds. The van der Waals surface area contributed by atoms with Gasteiger partial charge in [-0.1, -0.05) is 0 Å². The van der Waals surface area contributed by atoms with Crippen molar-refractivity contribution in [1.82, 2.24) is 4.90 Å².